The van der Waals surface area contributed by atoms with E-state index in [9.17, 15) is 50.7 Å². The van der Waals surface area contributed by atoms with E-state index in [1.165, 1.54) is 30.0 Å². The van der Waals surface area contributed by atoms with Crippen molar-refractivity contribution in [3.05, 3.63) is 35.9 Å². The van der Waals surface area contributed by atoms with Gasteiger partial charge in [0.2, 0.25) is 27.4 Å². The van der Waals surface area contributed by atoms with Crippen LogP contribution in [0.3, 0.4) is 0 Å². The third-order valence-electron chi connectivity index (χ3n) is 12.0. The van der Waals surface area contributed by atoms with E-state index >= 15 is 0 Å². The van der Waals surface area contributed by atoms with Gasteiger partial charge in [-0.15, -0.1) is 0 Å². The molecule has 314 valence electrons. The molecule has 0 aromatic heterocycles. The second kappa shape index (κ2) is 15.0. The molecule has 1 saturated heterocycles. The molecule has 19 heteroatoms. The zero-order valence-electron chi connectivity index (χ0n) is 32.3. The van der Waals surface area contributed by atoms with Crippen molar-refractivity contribution < 1.29 is 64.9 Å². The molecule has 3 aliphatic heterocycles. The first-order valence-electron chi connectivity index (χ1n) is 19.1. The normalized spacial score (nSPS) is 31.9. The van der Waals surface area contributed by atoms with Crippen LogP contribution in [0.2, 0.25) is 0 Å². The van der Waals surface area contributed by atoms with E-state index in [4.69, 9.17) is 14.2 Å². The standard InChI is InChI=1S/C38H49F3N4O11S/c1-20-8-6-7-9-24-17-37(24,33(50)44-57(52,53)36(5)12-13-36)43-30(46)25-15-23(28-19-54-27-16-22(32(48)49)10-11-26(27)55-28)18-45(25)31(47)29(21(2)14-20)42-34(51)56-35(3,4)38(39,40)41/h7,9-11,16,20-21,23-25,28-29H,6,8,12-15,17-19H2,1-5H3,(H,42,51)(H,43,46)(H,44,50)(H,48,49)/b9-7-/t20-,21+,23+,24+,25-,28?,29-,37+/m0/s1. The van der Waals surface area contributed by atoms with Crippen LogP contribution in [-0.4, -0.2) is 102 Å². The Morgan fingerprint density at radius 1 is 1.09 bits per heavy atom. The Kier molecular flexibility index (Phi) is 11.1. The minimum atomic E-state index is -4.93. The lowest BCUT2D eigenvalue weighted by Crippen LogP contribution is -2.59. The first kappa shape index (κ1) is 42.1. The molecule has 1 aromatic rings. The first-order valence-corrected chi connectivity index (χ1v) is 20.5. The number of benzene rings is 1. The SMILES string of the molecule is C[C@H]1CC/C=C\[C@@H]2C[C@@]2(C(=O)NS(=O)(=O)C2(C)CC2)NC(=O)[C@@H]2C[C@@H](C3COc4cc(C(=O)O)ccc4O3)CN2C(=O)[C@@H](NC(=O)OC(C)(C)C(F)(F)F)[C@H](C)C1. The number of alkyl halides is 3. The van der Waals surface area contributed by atoms with Crippen molar-refractivity contribution in [2.75, 3.05) is 13.2 Å². The molecule has 0 spiro atoms. The molecule has 4 N–H and O–H groups in total. The molecule has 57 heavy (non-hydrogen) atoms. The summed E-state index contributed by atoms with van der Waals surface area (Å²) in [5.41, 5.74) is -4.59. The minimum absolute atomic E-state index is 0.0332. The maximum atomic E-state index is 14.7. The van der Waals surface area contributed by atoms with Crippen LogP contribution in [0, 0.1) is 23.7 Å². The van der Waals surface area contributed by atoms with E-state index in [2.05, 4.69) is 15.4 Å². The van der Waals surface area contributed by atoms with Crippen molar-refractivity contribution >= 4 is 39.8 Å². The predicted octanol–water partition coefficient (Wildman–Crippen LogP) is 4.06. The number of ether oxygens (including phenoxy) is 3. The third-order valence-corrected chi connectivity index (χ3v) is 14.2. The molecule has 0 bridgehead atoms. The summed E-state index contributed by atoms with van der Waals surface area (Å²) in [6, 6.07) is 1.29. The highest BCUT2D eigenvalue weighted by Crippen LogP contribution is 2.48. The van der Waals surface area contributed by atoms with Crippen molar-refractivity contribution in [2.24, 2.45) is 23.7 Å². The number of hydrogen-bond donors (Lipinski definition) is 4. The summed E-state index contributed by atoms with van der Waals surface area (Å²) in [5, 5.41) is 14.5. The second-order valence-corrected chi connectivity index (χ2v) is 19.1. The molecule has 1 aromatic carbocycles. The number of carbonyl (C=O) groups is 5. The monoisotopic (exact) mass is 826 g/mol. The van der Waals surface area contributed by atoms with Gasteiger partial charge in [-0.2, -0.15) is 13.2 Å². The number of carboxylic acids is 1. The van der Waals surface area contributed by atoms with Gasteiger partial charge >= 0.3 is 18.2 Å². The number of hydrogen-bond acceptors (Lipinski definition) is 10. The third kappa shape index (κ3) is 8.53. The van der Waals surface area contributed by atoms with Crippen LogP contribution in [0.5, 0.6) is 11.5 Å². The maximum absolute atomic E-state index is 14.7. The van der Waals surface area contributed by atoms with E-state index < -0.39 is 97.8 Å². The molecular formula is C38H49F3N4O11S. The van der Waals surface area contributed by atoms with E-state index in [0.717, 1.165) is 0 Å². The van der Waals surface area contributed by atoms with Crippen LogP contribution in [0.4, 0.5) is 18.0 Å². The Bertz CT molecular complexity index is 1950. The lowest BCUT2D eigenvalue weighted by molar-refractivity contribution is -0.244. The summed E-state index contributed by atoms with van der Waals surface area (Å²) in [6.45, 7) is 6.22. The van der Waals surface area contributed by atoms with Gasteiger partial charge in [-0.25, -0.2) is 18.0 Å². The average molecular weight is 827 g/mol. The number of alkyl carbamates (subject to hydrolysis) is 1. The highest BCUT2D eigenvalue weighted by molar-refractivity contribution is 7.91. The molecule has 5 aliphatic rings. The number of aromatic carboxylic acids is 1. The van der Waals surface area contributed by atoms with Gasteiger partial charge in [0.25, 0.3) is 5.91 Å². The van der Waals surface area contributed by atoms with Crippen LogP contribution >= 0.6 is 0 Å². The average Bonchev–Trinajstić information content (AvgIpc) is 3.99. The number of sulfonamides is 1. The highest BCUT2D eigenvalue weighted by atomic mass is 32.2. The maximum Gasteiger partial charge on any atom is 0.427 e. The lowest BCUT2D eigenvalue weighted by atomic mass is 9.88. The fourth-order valence-electron chi connectivity index (χ4n) is 7.75. The van der Waals surface area contributed by atoms with Crippen molar-refractivity contribution in [3.63, 3.8) is 0 Å². The number of amides is 4. The topological polar surface area (TPSA) is 207 Å². The minimum Gasteiger partial charge on any atom is -0.486 e. The zero-order chi connectivity index (χ0) is 41.9. The molecule has 3 heterocycles. The number of carboxylic acid groups (broad SMARTS) is 1. The Balaban J connectivity index is 1.33. The molecular weight excluding hydrogens is 777 g/mol. The summed E-state index contributed by atoms with van der Waals surface area (Å²) in [7, 11) is -4.09. The predicted molar refractivity (Wildman–Crippen MR) is 195 cm³/mol. The summed E-state index contributed by atoms with van der Waals surface area (Å²) < 4.78 is 85.3. The summed E-state index contributed by atoms with van der Waals surface area (Å²) in [6.07, 6.45) is -1.33. The number of nitrogens with one attached hydrogen (secondary N) is 3. The first-order chi connectivity index (χ1) is 26.5. The Morgan fingerprint density at radius 2 is 1.79 bits per heavy atom. The van der Waals surface area contributed by atoms with Crippen molar-refractivity contribution in [1.82, 2.24) is 20.3 Å². The van der Waals surface area contributed by atoms with Gasteiger partial charge in [-0.3, -0.25) is 19.1 Å². The van der Waals surface area contributed by atoms with E-state index in [0.29, 0.717) is 46.0 Å². The number of allylic oxidation sites excluding steroid dienone is 1. The van der Waals surface area contributed by atoms with E-state index in [1.807, 2.05) is 13.0 Å². The number of fused-ring (bicyclic) bond motifs is 3. The van der Waals surface area contributed by atoms with Gasteiger partial charge in [0, 0.05) is 18.4 Å². The molecule has 2 aliphatic carbocycles. The summed E-state index contributed by atoms with van der Waals surface area (Å²) in [5.74, 6) is -5.14. The van der Waals surface area contributed by atoms with Gasteiger partial charge in [-0.05, 0) is 95.8 Å². The largest absolute Gasteiger partial charge is 0.486 e. The molecule has 2 saturated carbocycles. The number of carbonyl (C=O) groups excluding carboxylic acids is 4. The molecule has 1 unspecified atom stereocenters. The smallest absolute Gasteiger partial charge is 0.427 e. The zero-order valence-corrected chi connectivity index (χ0v) is 33.1. The van der Waals surface area contributed by atoms with Crippen LogP contribution in [0.1, 0.15) is 89.9 Å². The Hall–Kier alpha value is -4.55. The number of rotatable bonds is 7. The van der Waals surface area contributed by atoms with E-state index in [-0.39, 0.29) is 49.0 Å². The van der Waals surface area contributed by atoms with Gasteiger partial charge in [0.1, 0.15) is 30.3 Å². The van der Waals surface area contributed by atoms with Gasteiger partial charge in [0.15, 0.2) is 11.5 Å². The van der Waals surface area contributed by atoms with Crippen molar-refractivity contribution in [3.8, 4) is 11.5 Å². The molecule has 3 fully saturated rings. The summed E-state index contributed by atoms with van der Waals surface area (Å²) >= 11 is 0. The number of nitrogens with zero attached hydrogens (tertiary/aromatic N) is 1. The fraction of sp³-hybridized carbons (Fsp3) is 0.658. The number of halogens is 3. The lowest BCUT2D eigenvalue weighted by Gasteiger charge is -2.34. The molecule has 0 radical (unpaired) electrons. The quantitative estimate of drug-likeness (QED) is 0.289. The fourth-order valence-corrected chi connectivity index (χ4v) is 9.06. The second-order valence-electron chi connectivity index (χ2n) is 16.9. The van der Waals surface area contributed by atoms with Gasteiger partial charge < -0.3 is 34.9 Å². The summed E-state index contributed by atoms with van der Waals surface area (Å²) in [4.78, 5) is 68.9. The Labute approximate surface area is 328 Å². The van der Waals surface area contributed by atoms with Crippen LogP contribution in [-0.2, 0) is 29.1 Å². The van der Waals surface area contributed by atoms with Crippen LogP contribution < -0.4 is 24.8 Å². The van der Waals surface area contributed by atoms with Crippen LogP contribution in [0.25, 0.3) is 0 Å². The highest BCUT2D eigenvalue weighted by Gasteiger charge is 2.63. The molecule has 6 rings (SSSR count). The van der Waals surface area contributed by atoms with Crippen molar-refractivity contribution in [2.45, 2.75) is 120 Å². The molecule has 4 amide bonds. The van der Waals surface area contributed by atoms with Crippen LogP contribution in [0.15, 0.2) is 30.4 Å². The molecule has 8 atom stereocenters. The molecule has 15 nitrogen and oxygen atoms in total. The van der Waals surface area contributed by atoms with Crippen molar-refractivity contribution in [1.29, 1.82) is 0 Å². The van der Waals surface area contributed by atoms with E-state index in [1.54, 1.807) is 13.0 Å². The van der Waals surface area contributed by atoms with Gasteiger partial charge in [0.05, 0.1) is 10.3 Å². The van der Waals surface area contributed by atoms with Gasteiger partial charge in [-0.1, -0.05) is 26.0 Å². The Morgan fingerprint density at radius 3 is 2.44 bits per heavy atom.